The Morgan fingerprint density at radius 3 is 2.38 bits per heavy atom. The van der Waals surface area contributed by atoms with Crippen molar-refractivity contribution in [2.24, 2.45) is 0 Å². The minimum absolute atomic E-state index is 0.354. The van der Waals surface area contributed by atoms with Gasteiger partial charge in [0.2, 0.25) is 0 Å². The first kappa shape index (κ1) is 13.4. The zero-order valence-electron chi connectivity index (χ0n) is 11.4. The van der Waals surface area contributed by atoms with Gasteiger partial charge in [-0.3, -0.25) is 4.79 Å². The number of aromatic carboxylic acids is 1. The summed E-state index contributed by atoms with van der Waals surface area (Å²) in [5.41, 5.74) is 1.01. The second-order valence-electron chi connectivity index (χ2n) is 5.07. The number of hydrogen-bond acceptors (Lipinski definition) is 4. The van der Waals surface area contributed by atoms with Crippen molar-refractivity contribution >= 4 is 11.7 Å². The third kappa shape index (κ3) is 2.67. The zero-order chi connectivity index (χ0) is 14.8. The third-order valence-electron chi connectivity index (χ3n) is 3.68. The van der Waals surface area contributed by atoms with E-state index in [0.717, 1.165) is 30.6 Å². The molecular formula is C16H15NO4. The van der Waals surface area contributed by atoms with Gasteiger partial charge in [-0.15, -0.1) is 0 Å². The van der Waals surface area contributed by atoms with E-state index in [1.54, 1.807) is 0 Å². The number of benzene rings is 1. The van der Waals surface area contributed by atoms with Gasteiger partial charge >= 0.3 is 5.97 Å². The van der Waals surface area contributed by atoms with E-state index in [9.17, 15) is 9.59 Å². The SMILES string of the molecule is O=C(O)c1coc(-c2ccc(N3CCCC3)cc2)cc1=O. The highest BCUT2D eigenvalue weighted by atomic mass is 16.4. The smallest absolute Gasteiger partial charge is 0.342 e. The summed E-state index contributed by atoms with van der Waals surface area (Å²) >= 11 is 0. The molecule has 2 aromatic rings. The van der Waals surface area contributed by atoms with E-state index >= 15 is 0 Å². The molecule has 0 aliphatic carbocycles. The third-order valence-corrected chi connectivity index (χ3v) is 3.68. The topological polar surface area (TPSA) is 70.8 Å². The Kier molecular flexibility index (Phi) is 3.48. The van der Waals surface area contributed by atoms with Gasteiger partial charge in [-0.25, -0.2) is 4.79 Å². The van der Waals surface area contributed by atoms with Gasteiger partial charge in [0.05, 0.1) is 0 Å². The van der Waals surface area contributed by atoms with Gasteiger partial charge in [0.1, 0.15) is 17.6 Å². The molecule has 0 radical (unpaired) electrons. The van der Waals surface area contributed by atoms with Crippen molar-refractivity contribution in [3.63, 3.8) is 0 Å². The maximum atomic E-state index is 11.7. The van der Waals surface area contributed by atoms with Crippen LogP contribution >= 0.6 is 0 Å². The molecule has 0 spiro atoms. The van der Waals surface area contributed by atoms with Crippen molar-refractivity contribution in [1.29, 1.82) is 0 Å². The highest BCUT2D eigenvalue weighted by molar-refractivity contribution is 5.87. The van der Waals surface area contributed by atoms with Crippen LogP contribution in [0.15, 0.2) is 45.8 Å². The van der Waals surface area contributed by atoms with Crippen LogP contribution in [0.1, 0.15) is 23.2 Å². The molecule has 3 rings (SSSR count). The summed E-state index contributed by atoms with van der Waals surface area (Å²) in [5, 5.41) is 8.82. The van der Waals surface area contributed by atoms with Crippen molar-refractivity contribution in [2.75, 3.05) is 18.0 Å². The molecule has 1 aliphatic rings. The lowest BCUT2D eigenvalue weighted by atomic mass is 10.1. The number of carboxylic acid groups (broad SMARTS) is 1. The van der Waals surface area contributed by atoms with Crippen LogP contribution in [0.2, 0.25) is 0 Å². The quantitative estimate of drug-likeness (QED) is 0.938. The number of rotatable bonds is 3. The number of anilines is 1. The minimum Gasteiger partial charge on any atom is -0.477 e. The highest BCUT2D eigenvalue weighted by Gasteiger charge is 2.14. The summed E-state index contributed by atoms with van der Waals surface area (Å²) in [7, 11) is 0. The van der Waals surface area contributed by atoms with Crippen LogP contribution in [0.25, 0.3) is 11.3 Å². The Morgan fingerprint density at radius 1 is 1.14 bits per heavy atom. The molecule has 1 aromatic carbocycles. The molecule has 0 saturated carbocycles. The van der Waals surface area contributed by atoms with E-state index in [1.165, 1.54) is 18.9 Å². The van der Waals surface area contributed by atoms with E-state index in [0.29, 0.717) is 5.76 Å². The first-order chi connectivity index (χ1) is 10.1. The fourth-order valence-corrected chi connectivity index (χ4v) is 2.53. The van der Waals surface area contributed by atoms with Crippen molar-refractivity contribution in [3.8, 4) is 11.3 Å². The summed E-state index contributed by atoms with van der Waals surface area (Å²) in [4.78, 5) is 24.8. The Morgan fingerprint density at radius 2 is 1.81 bits per heavy atom. The molecule has 2 heterocycles. The molecule has 1 fully saturated rings. The van der Waals surface area contributed by atoms with Gasteiger partial charge in [0.15, 0.2) is 5.43 Å². The number of carboxylic acids is 1. The number of carbonyl (C=O) groups is 1. The van der Waals surface area contributed by atoms with Crippen LogP contribution in [0, 0.1) is 0 Å². The predicted octanol–water partition coefficient (Wildman–Crippen LogP) is 2.61. The molecule has 0 bridgehead atoms. The Bertz CT molecular complexity index is 712. The standard InChI is InChI=1S/C16H15NO4/c18-14-9-15(21-10-13(14)16(19)20)11-3-5-12(6-4-11)17-7-1-2-8-17/h3-6,9-10H,1-2,7-8H2,(H,19,20). The average Bonchev–Trinajstić information content (AvgIpc) is 3.01. The van der Waals surface area contributed by atoms with Crippen LogP contribution in [0.3, 0.4) is 0 Å². The van der Waals surface area contributed by atoms with E-state index in [4.69, 9.17) is 9.52 Å². The Labute approximate surface area is 121 Å². The van der Waals surface area contributed by atoms with E-state index in [-0.39, 0.29) is 5.56 Å². The molecule has 21 heavy (non-hydrogen) atoms. The molecule has 1 N–H and O–H groups in total. The van der Waals surface area contributed by atoms with Crippen LogP contribution < -0.4 is 10.3 Å². The summed E-state index contributed by atoms with van der Waals surface area (Å²) in [6.07, 6.45) is 3.43. The van der Waals surface area contributed by atoms with Crippen LogP contribution in [0.5, 0.6) is 0 Å². The van der Waals surface area contributed by atoms with Gasteiger partial charge in [0.25, 0.3) is 0 Å². The largest absolute Gasteiger partial charge is 0.477 e. The number of nitrogens with zero attached hydrogens (tertiary/aromatic N) is 1. The molecule has 1 aromatic heterocycles. The normalized spacial score (nSPS) is 14.4. The first-order valence-electron chi connectivity index (χ1n) is 6.87. The molecule has 1 aliphatic heterocycles. The van der Waals surface area contributed by atoms with Gasteiger partial charge in [-0.1, -0.05) is 0 Å². The second-order valence-corrected chi connectivity index (χ2v) is 5.07. The molecule has 5 heteroatoms. The van der Waals surface area contributed by atoms with Gasteiger partial charge in [-0.2, -0.15) is 0 Å². The number of hydrogen-bond donors (Lipinski definition) is 1. The lowest BCUT2D eigenvalue weighted by molar-refractivity contribution is 0.0693. The summed E-state index contributed by atoms with van der Waals surface area (Å²) in [6.45, 7) is 2.14. The molecule has 5 nitrogen and oxygen atoms in total. The predicted molar refractivity (Wildman–Crippen MR) is 78.8 cm³/mol. The van der Waals surface area contributed by atoms with Crippen molar-refractivity contribution in [1.82, 2.24) is 0 Å². The van der Waals surface area contributed by atoms with Gasteiger partial charge in [0, 0.05) is 30.4 Å². The monoisotopic (exact) mass is 285 g/mol. The van der Waals surface area contributed by atoms with Gasteiger partial charge in [-0.05, 0) is 37.1 Å². The zero-order valence-corrected chi connectivity index (χ0v) is 11.4. The fraction of sp³-hybridized carbons (Fsp3) is 0.250. The second kappa shape index (κ2) is 5.44. The Balaban J connectivity index is 1.88. The van der Waals surface area contributed by atoms with Crippen LogP contribution in [-0.4, -0.2) is 24.2 Å². The summed E-state index contributed by atoms with van der Waals surface area (Å²) < 4.78 is 5.26. The summed E-state index contributed by atoms with van der Waals surface area (Å²) in [6, 6.07) is 8.96. The molecule has 0 amide bonds. The van der Waals surface area contributed by atoms with Crippen LogP contribution in [0.4, 0.5) is 5.69 Å². The molecule has 0 atom stereocenters. The Hall–Kier alpha value is -2.56. The average molecular weight is 285 g/mol. The molecule has 1 saturated heterocycles. The summed E-state index contributed by atoms with van der Waals surface area (Å²) in [5.74, 6) is -0.905. The first-order valence-corrected chi connectivity index (χ1v) is 6.87. The fourth-order valence-electron chi connectivity index (χ4n) is 2.53. The maximum Gasteiger partial charge on any atom is 0.342 e. The van der Waals surface area contributed by atoms with Gasteiger partial charge < -0.3 is 14.4 Å². The van der Waals surface area contributed by atoms with E-state index in [2.05, 4.69) is 4.90 Å². The highest BCUT2D eigenvalue weighted by Crippen LogP contribution is 2.24. The van der Waals surface area contributed by atoms with Crippen LogP contribution in [-0.2, 0) is 0 Å². The molecule has 0 unspecified atom stereocenters. The maximum absolute atomic E-state index is 11.7. The van der Waals surface area contributed by atoms with E-state index in [1.807, 2.05) is 24.3 Å². The van der Waals surface area contributed by atoms with Crippen molar-refractivity contribution < 1.29 is 14.3 Å². The van der Waals surface area contributed by atoms with Crippen molar-refractivity contribution in [3.05, 3.63) is 52.4 Å². The lowest BCUT2D eigenvalue weighted by Gasteiger charge is -2.17. The van der Waals surface area contributed by atoms with Crippen molar-refractivity contribution in [2.45, 2.75) is 12.8 Å². The minimum atomic E-state index is -1.28. The molecular weight excluding hydrogens is 270 g/mol. The molecule has 108 valence electrons. The van der Waals surface area contributed by atoms with E-state index < -0.39 is 11.4 Å². The lowest BCUT2D eigenvalue weighted by Crippen LogP contribution is -2.17.